The number of aryl methyl sites for hydroxylation is 1. The molecule has 0 aliphatic rings. The Hall–Kier alpha value is -1.87. The summed E-state index contributed by atoms with van der Waals surface area (Å²) in [6.45, 7) is 3.51. The second kappa shape index (κ2) is 8.54. The number of hydrogen-bond acceptors (Lipinski definition) is 2. The van der Waals surface area contributed by atoms with E-state index in [1.165, 1.54) is 17.2 Å². The predicted molar refractivity (Wildman–Crippen MR) is 88.8 cm³/mol. The molecule has 2 aromatic carbocycles. The Bertz CT molecular complexity index is 598. The van der Waals surface area contributed by atoms with E-state index in [2.05, 4.69) is 30.4 Å². The van der Waals surface area contributed by atoms with Gasteiger partial charge in [-0.15, -0.1) is 0 Å². The summed E-state index contributed by atoms with van der Waals surface area (Å²) in [7, 11) is 1.71. The van der Waals surface area contributed by atoms with Crippen LogP contribution in [0.1, 0.15) is 30.0 Å². The van der Waals surface area contributed by atoms with Crippen LogP contribution in [0.3, 0.4) is 0 Å². The van der Waals surface area contributed by atoms with E-state index in [1.54, 1.807) is 13.2 Å². The molecule has 0 unspecified atom stereocenters. The third kappa shape index (κ3) is 4.57. The lowest BCUT2D eigenvalue weighted by atomic mass is 10.0. The number of halogens is 1. The molecule has 118 valence electrons. The second-order valence-electron chi connectivity index (χ2n) is 5.41. The topological polar surface area (TPSA) is 21.3 Å². The molecule has 2 nitrogen and oxygen atoms in total. The van der Waals surface area contributed by atoms with Crippen LogP contribution in [-0.4, -0.2) is 13.7 Å². The quantitative estimate of drug-likeness (QED) is 0.741. The van der Waals surface area contributed by atoms with Gasteiger partial charge in [0.2, 0.25) is 0 Å². The highest BCUT2D eigenvalue weighted by Gasteiger charge is 2.05. The molecule has 0 radical (unpaired) electrons. The summed E-state index contributed by atoms with van der Waals surface area (Å²) in [5.74, 6) is 0.787. The molecule has 0 spiro atoms. The van der Waals surface area contributed by atoms with Gasteiger partial charge in [-0.05, 0) is 42.6 Å². The zero-order valence-corrected chi connectivity index (χ0v) is 13.4. The summed E-state index contributed by atoms with van der Waals surface area (Å²) in [6.07, 6.45) is 3.07. The molecule has 2 aromatic rings. The Balaban J connectivity index is 1.87. The van der Waals surface area contributed by atoms with E-state index >= 15 is 0 Å². The third-order valence-electron chi connectivity index (χ3n) is 3.73. The van der Waals surface area contributed by atoms with Crippen molar-refractivity contribution in [2.45, 2.75) is 32.7 Å². The average molecular weight is 301 g/mol. The molecule has 0 aliphatic carbocycles. The van der Waals surface area contributed by atoms with Gasteiger partial charge in [0.1, 0.15) is 11.6 Å². The molecular formula is C19H24FNO. The van der Waals surface area contributed by atoms with Gasteiger partial charge in [-0.25, -0.2) is 4.39 Å². The van der Waals surface area contributed by atoms with Crippen LogP contribution < -0.4 is 10.1 Å². The van der Waals surface area contributed by atoms with E-state index in [0.717, 1.165) is 31.6 Å². The van der Waals surface area contributed by atoms with Gasteiger partial charge in [-0.1, -0.05) is 43.7 Å². The second-order valence-corrected chi connectivity index (χ2v) is 5.41. The van der Waals surface area contributed by atoms with Gasteiger partial charge in [0.05, 0.1) is 7.11 Å². The average Bonchev–Trinajstić information content (AvgIpc) is 2.54. The highest BCUT2D eigenvalue weighted by atomic mass is 19.1. The molecule has 0 bridgehead atoms. The minimum Gasteiger partial charge on any atom is -0.496 e. The van der Waals surface area contributed by atoms with Crippen molar-refractivity contribution in [2.75, 3.05) is 13.7 Å². The van der Waals surface area contributed by atoms with Crippen molar-refractivity contribution >= 4 is 0 Å². The first-order chi connectivity index (χ1) is 10.7. The van der Waals surface area contributed by atoms with Gasteiger partial charge in [-0.3, -0.25) is 0 Å². The first-order valence-corrected chi connectivity index (χ1v) is 7.84. The Morgan fingerprint density at radius 2 is 1.86 bits per heavy atom. The van der Waals surface area contributed by atoms with E-state index in [0.29, 0.717) is 12.1 Å². The van der Waals surface area contributed by atoms with Crippen LogP contribution in [0.25, 0.3) is 0 Å². The number of hydrogen-bond donors (Lipinski definition) is 1. The standard InChI is InChI=1S/C19H24FNO/c1-3-6-15-9-10-16(19(13-15)22-2)11-12-21-14-17-7-4-5-8-18(17)20/h4-5,7-10,13,21H,3,6,11-12,14H2,1-2H3. The first-order valence-electron chi connectivity index (χ1n) is 7.84. The van der Waals surface area contributed by atoms with Gasteiger partial charge in [0.25, 0.3) is 0 Å². The predicted octanol–water partition coefficient (Wildman–Crippen LogP) is 4.12. The fourth-order valence-corrected chi connectivity index (χ4v) is 2.53. The van der Waals surface area contributed by atoms with Crippen LogP contribution in [0.4, 0.5) is 4.39 Å². The molecule has 0 saturated heterocycles. The molecule has 0 amide bonds. The van der Waals surface area contributed by atoms with Crippen molar-refractivity contribution < 1.29 is 9.13 Å². The third-order valence-corrected chi connectivity index (χ3v) is 3.73. The zero-order valence-electron chi connectivity index (χ0n) is 13.4. The number of benzene rings is 2. The number of rotatable bonds is 8. The molecule has 0 saturated carbocycles. The van der Waals surface area contributed by atoms with Crippen LogP contribution >= 0.6 is 0 Å². The molecule has 0 atom stereocenters. The highest BCUT2D eigenvalue weighted by Crippen LogP contribution is 2.21. The first kappa shape index (κ1) is 16.5. The summed E-state index contributed by atoms with van der Waals surface area (Å²) in [5, 5.41) is 3.29. The van der Waals surface area contributed by atoms with Gasteiger partial charge in [0, 0.05) is 12.1 Å². The molecule has 3 heteroatoms. The van der Waals surface area contributed by atoms with Gasteiger partial charge in [0.15, 0.2) is 0 Å². The Morgan fingerprint density at radius 3 is 2.59 bits per heavy atom. The maximum Gasteiger partial charge on any atom is 0.127 e. The molecule has 0 heterocycles. The van der Waals surface area contributed by atoms with Crippen LogP contribution in [0.15, 0.2) is 42.5 Å². The number of methoxy groups -OCH3 is 1. The van der Waals surface area contributed by atoms with Crippen molar-refractivity contribution in [3.8, 4) is 5.75 Å². The van der Waals surface area contributed by atoms with Crippen LogP contribution in [0.2, 0.25) is 0 Å². The molecule has 0 aromatic heterocycles. The van der Waals surface area contributed by atoms with Crippen molar-refractivity contribution in [1.29, 1.82) is 0 Å². The van der Waals surface area contributed by atoms with Crippen molar-refractivity contribution in [1.82, 2.24) is 5.32 Å². The lowest BCUT2D eigenvalue weighted by Crippen LogP contribution is -2.17. The SMILES string of the molecule is CCCc1ccc(CCNCc2ccccc2F)c(OC)c1. The lowest BCUT2D eigenvalue weighted by molar-refractivity contribution is 0.408. The van der Waals surface area contributed by atoms with Crippen LogP contribution in [0.5, 0.6) is 5.75 Å². The summed E-state index contributed by atoms with van der Waals surface area (Å²) >= 11 is 0. The minimum atomic E-state index is -0.156. The fraction of sp³-hybridized carbons (Fsp3) is 0.368. The fourth-order valence-electron chi connectivity index (χ4n) is 2.53. The lowest BCUT2D eigenvalue weighted by Gasteiger charge is -2.11. The van der Waals surface area contributed by atoms with E-state index in [4.69, 9.17) is 4.74 Å². The number of nitrogens with one attached hydrogen (secondary N) is 1. The van der Waals surface area contributed by atoms with Gasteiger partial charge in [-0.2, -0.15) is 0 Å². The summed E-state index contributed by atoms with van der Waals surface area (Å²) in [5.41, 5.74) is 3.19. The maximum absolute atomic E-state index is 13.5. The largest absolute Gasteiger partial charge is 0.496 e. The molecule has 0 fully saturated rings. The van der Waals surface area contributed by atoms with Crippen molar-refractivity contribution in [3.63, 3.8) is 0 Å². The number of ether oxygens (including phenoxy) is 1. The highest BCUT2D eigenvalue weighted by molar-refractivity contribution is 5.38. The monoisotopic (exact) mass is 301 g/mol. The zero-order chi connectivity index (χ0) is 15.8. The molecular weight excluding hydrogens is 277 g/mol. The molecule has 0 aliphatic heterocycles. The molecule has 22 heavy (non-hydrogen) atoms. The van der Waals surface area contributed by atoms with Gasteiger partial charge < -0.3 is 10.1 Å². The van der Waals surface area contributed by atoms with E-state index in [9.17, 15) is 4.39 Å². The summed E-state index contributed by atoms with van der Waals surface area (Å²) < 4.78 is 19.0. The Labute approximate surface area is 132 Å². The molecule has 2 rings (SSSR count). The van der Waals surface area contributed by atoms with E-state index in [1.807, 2.05) is 12.1 Å². The summed E-state index contributed by atoms with van der Waals surface area (Å²) in [6, 6.07) is 13.3. The Morgan fingerprint density at radius 1 is 1.05 bits per heavy atom. The maximum atomic E-state index is 13.5. The van der Waals surface area contributed by atoms with Crippen LogP contribution in [0, 0.1) is 5.82 Å². The Kier molecular flexibility index (Phi) is 6.41. The minimum absolute atomic E-state index is 0.156. The normalized spacial score (nSPS) is 10.7. The molecule has 1 N–H and O–H groups in total. The van der Waals surface area contributed by atoms with E-state index < -0.39 is 0 Å². The van der Waals surface area contributed by atoms with E-state index in [-0.39, 0.29) is 5.82 Å². The van der Waals surface area contributed by atoms with Crippen LogP contribution in [-0.2, 0) is 19.4 Å². The van der Waals surface area contributed by atoms with Gasteiger partial charge >= 0.3 is 0 Å². The summed E-state index contributed by atoms with van der Waals surface area (Å²) in [4.78, 5) is 0. The van der Waals surface area contributed by atoms with Crippen molar-refractivity contribution in [2.24, 2.45) is 0 Å². The van der Waals surface area contributed by atoms with Crippen molar-refractivity contribution in [3.05, 3.63) is 65.0 Å². The smallest absolute Gasteiger partial charge is 0.127 e.